The third-order valence-corrected chi connectivity index (χ3v) is 5.39. The van der Waals surface area contributed by atoms with Gasteiger partial charge in [-0.3, -0.25) is 0 Å². The van der Waals surface area contributed by atoms with Crippen molar-refractivity contribution in [1.29, 1.82) is 0 Å². The molecule has 0 aliphatic carbocycles. The van der Waals surface area contributed by atoms with Crippen molar-refractivity contribution in [3.05, 3.63) is 83.2 Å². The van der Waals surface area contributed by atoms with E-state index in [1.54, 1.807) is 14.2 Å². The Bertz CT molecular complexity index is 947. The van der Waals surface area contributed by atoms with E-state index in [2.05, 4.69) is 4.90 Å². The molecule has 0 fully saturated rings. The van der Waals surface area contributed by atoms with Crippen molar-refractivity contribution in [1.82, 2.24) is 4.90 Å². The molecule has 0 radical (unpaired) electrons. The fraction of sp³-hybridized carbons (Fsp3) is 0.346. The van der Waals surface area contributed by atoms with E-state index in [1.165, 1.54) is 0 Å². The molecule has 0 spiro atoms. The van der Waals surface area contributed by atoms with E-state index in [4.69, 9.17) is 18.9 Å². The SMILES string of the molecule is CCOC(=O)C1=C(C)N(Cc2ccc(OC)cc2)C=CC1c1ccc(OCCOC)cc1. The van der Waals surface area contributed by atoms with Gasteiger partial charge in [-0.15, -0.1) is 0 Å². The molecule has 0 saturated heterocycles. The number of carbonyl (C=O) groups excluding carboxylic acids is 1. The average Bonchev–Trinajstić information content (AvgIpc) is 2.81. The maximum absolute atomic E-state index is 12.9. The van der Waals surface area contributed by atoms with Crippen LogP contribution in [0.25, 0.3) is 0 Å². The number of methoxy groups -OCH3 is 2. The lowest BCUT2D eigenvalue weighted by molar-refractivity contribution is -0.138. The van der Waals surface area contributed by atoms with E-state index in [0.717, 1.165) is 28.3 Å². The summed E-state index contributed by atoms with van der Waals surface area (Å²) in [6.07, 6.45) is 4.08. The second kappa shape index (κ2) is 11.4. The molecule has 1 unspecified atom stereocenters. The van der Waals surface area contributed by atoms with Crippen LogP contribution in [0.4, 0.5) is 0 Å². The van der Waals surface area contributed by atoms with Gasteiger partial charge in [0.2, 0.25) is 0 Å². The van der Waals surface area contributed by atoms with Crippen LogP contribution in [0.15, 0.2) is 72.1 Å². The van der Waals surface area contributed by atoms with Gasteiger partial charge >= 0.3 is 5.97 Å². The van der Waals surface area contributed by atoms with Crippen molar-refractivity contribution >= 4 is 5.97 Å². The van der Waals surface area contributed by atoms with E-state index in [-0.39, 0.29) is 11.9 Å². The number of carbonyl (C=O) groups is 1. The Morgan fingerprint density at radius 2 is 1.66 bits per heavy atom. The first-order valence-corrected chi connectivity index (χ1v) is 10.7. The van der Waals surface area contributed by atoms with Gasteiger partial charge in [0.15, 0.2) is 0 Å². The largest absolute Gasteiger partial charge is 0.497 e. The summed E-state index contributed by atoms with van der Waals surface area (Å²) in [5.41, 5.74) is 3.66. The lowest BCUT2D eigenvalue weighted by Gasteiger charge is -2.31. The monoisotopic (exact) mass is 437 g/mol. The Kier molecular flexibility index (Phi) is 8.34. The number of esters is 1. The van der Waals surface area contributed by atoms with Crippen LogP contribution in [0, 0.1) is 0 Å². The average molecular weight is 438 g/mol. The molecule has 0 N–H and O–H groups in total. The lowest BCUT2D eigenvalue weighted by Crippen LogP contribution is -2.26. The highest BCUT2D eigenvalue weighted by Gasteiger charge is 2.29. The number of hydrogen-bond acceptors (Lipinski definition) is 6. The highest BCUT2D eigenvalue weighted by atomic mass is 16.5. The molecule has 1 atom stereocenters. The number of allylic oxidation sites excluding steroid dienone is 2. The summed E-state index contributed by atoms with van der Waals surface area (Å²) in [6, 6.07) is 15.7. The van der Waals surface area contributed by atoms with Gasteiger partial charge in [-0.2, -0.15) is 0 Å². The predicted molar refractivity (Wildman–Crippen MR) is 124 cm³/mol. The molecule has 0 aromatic heterocycles. The van der Waals surface area contributed by atoms with Crippen LogP contribution in [0.1, 0.15) is 30.9 Å². The zero-order valence-electron chi connectivity index (χ0n) is 19.2. The van der Waals surface area contributed by atoms with Gasteiger partial charge in [0.25, 0.3) is 0 Å². The zero-order valence-corrected chi connectivity index (χ0v) is 19.2. The molecule has 0 amide bonds. The van der Waals surface area contributed by atoms with Gasteiger partial charge < -0.3 is 23.8 Å². The minimum absolute atomic E-state index is 0.186. The molecule has 2 aromatic carbocycles. The molecule has 1 heterocycles. The van der Waals surface area contributed by atoms with Crippen molar-refractivity contribution in [2.75, 3.05) is 34.0 Å². The van der Waals surface area contributed by atoms with Crippen LogP contribution >= 0.6 is 0 Å². The minimum Gasteiger partial charge on any atom is -0.497 e. The van der Waals surface area contributed by atoms with Crippen molar-refractivity contribution < 1.29 is 23.7 Å². The van der Waals surface area contributed by atoms with Crippen molar-refractivity contribution in [3.8, 4) is 11.5 Å². The summed E-state index contributed by atoms with van der Waals surface area (Å²) >= 11 is 0. The summed E-state index contributed by atoms with van der Waals surface area (Å²) in [5, 5.41) is 0. The number of benzene rings is 2. The van der Waals surface area contributed by atoms with Crippen molar-refractivity contribution in [3.63, 3.8) is 0 Å². The van der Waals surface area contributed by atoms with Gasteiger partial charge in [0.05, 0.1) is 25.9 Å². The third kappa shape index (κ3) is 5.71. The molecular formula is C26H31NO5. The van der Waals surface area contributed by atoms with Gasteiger partial charge in [0, 0.05) is 31.5 Å². The van der Waals surface area contributed by atoms with Crippen LogP contribution in [0.3, 0.4) is 0 Å². The van der Waals surface area contributed by atoms with Gasteiger partial charge in [0.1, 0.15) is 18.1 Å². The van der Waals surface area contributed by atoms with Crippen LogP contribution in [0.5, 0.6) is 11.5 Å². The van der Waals surface area contributed by atoms with Crippen molar-refractivity contribution in [2.24, 2.45) is 0 Å². The number of rotatable bonds is 10. The maximum Gasteiger partial charge on any atom is 0.336 e. The normalized spacial score (nSPS) is 15.6. The highest BCUT2D eigenvalue weighted by Crippen LogP contribution is 2.35. The summed E-state index contributed by atoms with van der Waals surface area (Å²) in [4.78, 5) is 15.0. The lowest BCUT2D eigenvalue weighted by atomic mass is 9.87. The molecule has 1 aliphatic heterocycles. The Balaban J connectivity index is 1.83. The fourth-order valence-corrected chi connectivity index (χ4v) is 3.65. The van der Waals surface area contributed by atoms with Crippen LogP contribution < -0.4 is 9.47 Å². The first-order chi connectivity index (χ1) is 15.6. The number of hydrogen-bond donors (Lipinski definition) is 0. The summed E-state index contributed by atoms with van der Waals surface area (Å²) in [7, 11) is 3.30. The molecule has 32 heavy (non-hydrogen) atoms. The van der Waals surface area contributed by atoms with Gasteiger partial charge in [-0.05, 0) is 49.2 Å². The fourth-order valence-electron chi connectivity index (χ4n) is 3.65. The summed E-state index contributed by atoms with van der Waals surface area (Å²) < 4.78 is 21.3. The second-order valence-electron chi connectivity index (χ2n) is 7.43. The predicted octanol–water partition coefficient (Wildman–Crippen LogP) is 4.67. The zero-order chi connectivity index (χ0) is 22.9. The molecule has 1 aliphatic rings. The Morgan fingerprint density at radius 1 is 0.969 bits per heavy atom. The summed E-state index contributed by atoms with van der Waals surface area (Å²) in [6.45, 7) is 5.79. The highest BCUT2D eigenvalue weighted by molar-refractivity contribution is 5.92. The molecular weight excluding hydrogens is 406 g/mol. The molecule has 3 rings (SSSR count). The van der Waals surface area contributed by atoms with E-state index in [1.807, 2.05) is 74.7 Å². The van der Waals surface area contributed by atoms with Crippen LogP contribution in [-0.2, 0) is 20.8 Å². The summed E-state index contributed by atoms with van der Waals surface area (Å²) in [5.74, 6) is 1.11. The minimum atomic E-state index is -0.292. The van der Waals surface area contributed by atoms with Gasteiger partial charge in [-0.25, -0.2) is 4.79 Å². The maximum atomic E-state index is 12.9. The quantitative estimate of drug-likeness (QED) is 0.398. The van der Waals surface area contributed by atoms with E-state index < -0.39 is 0 Å². The molecule has 6 nitrogen and oxygen atoms in total. The molecule has 170 valence electrons. The number of ether oxygens (including phenoxy) is 4. The topological polar surface area (TPSA) is 57.2 Å². The Morgan fingerprint density at radius 3 is 2.28 bits per heavy atom. The van der Waals surface area contributed by atoms with Crippen LogP contribution in [-0.4, -0.2) is 44.9 Å². The Labute approximate surface area is 190 Å². The first kappa shape index (κ1) is 23.4. The smallest absolute Gasteiger partial charge is 0.336 e. The van der Waals surface area contributed by atoms with Crippen molar-refractivity contribution in [2.45, 2.75) is 26.3 Å². The molecule has 6 heteroatoms. The number of nitrogens with zero attached hydrogens (tertiary/aromatic N) is 1. The van der Waals surface area contributed by atoms with Gasteiger partial charge in [-0.1, -0.05) is 30.3 Å². The molecule has 0 saturated carbocycles. The molecule has 2 aromatic rings. The Hall–Kier alpha value is -3.25. The van der Waals surface area contributed by atoms with E-state index in [0.29, 0.717) is 31.9 Å². The second-order valence-corrected chi connectivity index (χ2v) is 7.43. The van der Waals surface area contributed by atoms with E-state index >= 15 is 0 Å². The molecule has 0 bridgehead atoms. The standard InChI is InChI=1S/C26H31NO5/c1-5-31-26(28)25-19(2)27(18-20-6-10-22(30-4)11-7-20)15-14-24(25)21-8-12-23(13-9-21)32-17-16-29-3/h6-15,24H,5,16-18H2,1-4H3. The van der Waals surface area contributed by atoms with Crippen LogP contribution in [0.2, 0.25) is 0 Å². The third-order valence-electron chi connectivity index (χ3n) is 5.39. The first-order valence-electron chi connectivity index (χ1n) is 10.7. The van der Waals surface area contributed by atoms with E-state index in [9.17, 15) is 4.79 Å².